The van der Waals surface area contributed by atoms with Crippen molar-refractivity contribution in [2.45, 2.75) is 36.7 Å². The Morgan fingerprint density at radius 3 is 2.42 bits per heavy atom. The maximum Gasteiger partial charge on any atom is 0.251 e. The molecule has 10 N–H and O–H groups in total. The zero-order valence-electron chi connectivity index (χ0n) is 24.2. The number of amides is 1. The molecule has 2 saturated heterocycles. The minimum Gasteiger partial charge on any atom is -0.506 e. The van der Waals surface area contributed by atoms with Gasteiger partial charge >= 0.3 is 0 Å². The number of nitrogen functional groups attached to an aromatic ring is 1. The molecule has 14 nitrogen and oxygen atoms in total. The van der Waals surface area contributed by atoms with Crippen LogP contribution < -0.4 is 26.0 Å². The lowest BCUT2D eigenvalue weighted by Gasteiger charge is -2.40. The Balaban J connectivity index is 1.45. The van der Waals surface area contributed by atoms with Crippen LogP contribution in [0.15, 0.2) is 66.7 Å². The first-order chi connectivity index (χ1) is 21.7. The SMILES string of the molecule is N=C(N)c1ccc(O)c(NC(C(=O)Nc2ccc(N3CCOCC3)cc2)c2ccccc2OC2OC(CO)C(O)C(O)C2O)c1. The number of nitrogens with one attached hydrogen (secondary N) is 3. The van der Waals surface area contributed by atoms with E-state index < -0.39 is 49.3 Å². The maximum absolute atomic E-state index is 13.9. The molecule has 0 aliphatic carbocycles. The number of aromatic hydroxyl groups is 1. The van der Waals surface area contributed by atoms with E-state index >= 15 is 0 Å². The second-order valence-corrected chi connectivity index (χ2v) is 10.7. The summed E-state index contributed by atoms with van der Waals surface area (Å²) in [7, 11) is 0. The fraction of sp³-hybridized carbons (Fsp3) is 0.355. The summed E-state index contributed by atoms with van der Waals surface area (Å²) in [5.74, 6) is -0.934. The first-order valence-corrected chi connectivity index (χ1v) is 14.4. The predicted octanol–water partition coefficient (Wildman–Crippen LogP) is 0.483. The summed E-state index contributed by atoms with van der Waals surface area (Å²) < 4.78 is 16.9. The number of nitrogens with zero attached hydrogens (tertiary/aromatic N) is 1. The van der Waals surface area contributed by atoms with Crippen molar-refractivity contribution in [1.82, 2.24) is 0 Å². The van der Waals surface area contributed by atoms with Crippen LogP contribution in [0, 0.1) is 5.41 Å². The fourth-order valence-corrected chi connectivity index (χ4v) is 5.17. The Labute approximate surface area is 259 Å². The number of carbonyl (C=O) groups is 1. The van der Waals surface area contributed by atoms with Gasteiger partial charge in [0.2, 0.25) is 6.29 Å². The molecule has 0 aromatic heterocycles. The highest BCUT2D eigenvalue weighted by Crippen LogP contribution is 2.35. The Morgan fingerprint density at radius 1 is 1.02 bits per heavy atom. The van der Waals surface area contributed by atoms with E-state index in [0.717, 1.165) is 18.8 Å². The van der Waals surface area contributed by atoms with Crippen LogP contribution in [0.4, 0.5) is 17.1 Å². The van der Waals surface area contributed by atoms with Gasteiger partial charge in [0.15, 0.2) is 0 Å². The second kappa shape index (κ2) is 14.1. The third-order valence-electron chi connectivity index (χ3n) is 7.70. The number of para-hydroxylation sites is 1. The Kier molecular flexibility index (Phi) is 10.0. The molecule has 2 heterocycles. The summed E-state index contributed by atoms with van der Waals surface area (Å²) in [6, 6.07) is 16.7. The minimum atomic E-state index is -1.68. The molecule has 240 valence electrons. The Hall–Kier alpha value is -4.44. The van der Waals surface area contributed by atoms with Crippen molar-refractivity contribution >= 4 is 28.8 Å². The number of morpholine rings is 1. The van der Waals surface area contributed by atoms with E-state index in [1.807, 2.05) is 12.1 Å². The van der Waals surface area contributed by atoms with E-state index in [2.05, 4.69) is 15.5 Å². The average molecular weight is 624 g/mol. The number of aliphatic hydroxyl groups excluding tert-OH is 4. The first kappa shape index (κ1) is 32.0. The molecule has 45 heavy (non-hydrogen) atoms. The van der Waals surface area contributed by atoms with E-state index in [0.29, 0.717) is 24.5 Å². The molecule has 6 unspecified atom stereocenters. The lowest BCUT2D eigenvalue weighted by Crippen LogP contribution is -2.60. The van der Waals surface area contributed by atoms with Crippen molar-refractivity contribution in [2.24, 2.45) is 5.73 Å². The molecule has 6 atom stereocenters. The summed E-state index contributed by atoms with van der Waals surface area (Å²) in [4.78, 5) is 16.1. The summed E-state index contributed by atoms with van der Waals surface area (Å²) in [6.07, 6.45) is -7.64. The largest absolute Gasteiger partial charge is 0.506 e. The highest BCUT2D eigenvalue weighted by molar-refractivity contribution is 5.99. The molecule has 5 rings (SSSR count). The van der Waals surface area contributed by atoms with Gasteiger partial charge in [-0.3, -0.25) is 10.2 Å². The molecule has 2 fully saturated rings. The number of amidine groups is 1. The monoisotopic (exact) mass is 623 g/mol. The summed E-state index contributed by atoms with van der Waals surface area (Å²) in [5, 5.41) is 64.9. The minimum absolute atomic E-state index is 0.0688. The molecule has 3 aromatic rings. The van der Waals surface area contributed by atoms with Crippen LogP contribution in [0.1, 0.15) is 17.2 Å². The van der Waals surface area contributed by atoms with Gasteiger partial charge in [0.25, 0.3) is 5.91 Å². The van der Waals surface area contributed by atoms with E-state index in [1.54, 1.807) is 30.3 Å². The van der Waals surface area contributed by atoms with E-state index in [-0.39, 0.29) is 28.6 Å². The van der Waals surface area contributed by atoms with Crippen molar-refractivity contribution in [1.29, 1.82) is 5.41 Å². The van der Waals surface area contributed by atoms with Gasteiger partial charge in [0, 0.05) is 35.6 Å². The number of nitrogens with two attached hydrogens (primary N) is 1. The number of phenolic OH excluding ortho intramolecular Hbond substituents is 1. The smallest absolute Gasteiger partial charge is 0.251 e. The third kappa shape index (κ3) is 7.28. The van der Waals surface area contributed by atoms with Gasteiger partial charge in [0.05, 0.1) is 25.5 Å². The molecule has 1 amide bonds. The van der Waals surface area contributed by atoms with Crippen molar-refractivity contribution in [2.75, 3.05) is 48.4 Å². The fourth-order valence-electron chi connectivity index (χ4n) is 5.17. The van der Waals surface area contributed by atoms with Crippen LogP contribution in [0.2, 0.25) is 0 Å². The van der Waals surface area contributed by atoms with Crippen LogP contribution in [0.3, 0.4) is 0 Å². The van der Waals surface area contributed by atoms with Crippen LogP contribution in [0.25, 0.3) is 0 Å². The highest BCUT2D eigenvalue weighted by Gasteiger charge is 2.45. The van der Waals surface area contributed by atoms with Crippen molar-refractivity contribution in [3.8, 4) is 11.5 Å². The molecule has 3 aromatic carbocycles. The molecule has 2 aliphatic rings. The van der Waals surface area contributed by atoms with Crippen LogP contribution in [-0.2, 0) is 14.3 Å². The van der Waals surface area contributed by atoms with Crippen molar-refractivity contribution in [3.63, 3.8) is 0 Å². The number of hydrogen-bond acceptors (Lipinski definition) is 12. The molecular weight excluding hydrogens is 586 g/mol. The van der Waals surface area contributed by atoms with E-state index in [9.17, 15) is 30.3 Å². The maximum atomic E-state index is 13.9. The molecule has 0 bridgehead atoms. The number of anilines is 3. The number of aliphatic hydroxyl groups is 4. The van der Waals surface area contributed by atoms with Crippen molar-refractivity contribution < 1.29 is 44.5 Å². The quantitative estimate of drug-likeness (QED) is 0.0855. The molecule has 14 heteroatoms. The van der Waals surface area contributed by atoms with Gasteiger partial charge in [-0.15, -0.1) is 0 Å². The number of hydrogen-bond donors (Lipinski definition) is 9. The number of benzene rings is 3. The number of carbonyl (C=O) groups excluding carboxylic acids is 1. The van der Waals surface area contributed by atoms with Crippen LogP contribution in [-0.4, -0.2) is 101 Å². The average Bonchev–Trinajstić information content (AvgIpc) is 3.05. The second-order valence-electron chi connectivity index (χ2n) is 10.7. The van der Waals surface area contributed by atoms with Crippen molar-refractivity contribution in [3.05, 3.63) is 77.9 Å². The summed E-state index contributed by atoms with van der Waals surface area (Å²) in [5.41, 5.74) is 7.80. The van der Waals surface area contributed by atoms with Gasteiger partial charge < -0.3 is 61.0 Å². The Morgan fingerprint density at radius 2 is 1.73 bits per heavy atom. The zero-order chi connectivity index (χ0) is 32.1. The standard InChI is InChI=1S/C31H37N5O9/c32-29(33)17-5-10-22(38)21(15-17)35-25(30(42)34-18-6-8-19(9-7-18)36-11-13-43-14-12-36)20-3-1-2-4-23(20)44-31-28(41)27(40)26(39)24(16-37)45-31/h1-10,15,24-28,31,35,37-41H,11-14,16H2,(H3,32,33)(H,34,42). The zero-order valence-corrected chi connectivity index (χ0v) is 24.2. The highest BCUT2D eigenvalue weighted by atomic mass is 16.7. The van der Waals surface area contributed by atoms with Gasteiger partial charge in [-0.05, 0) is 48.5 Å². The lowest BCUT2D eigenvalue weighted by atomic mass is 9.99. The van der Waals surface area contributed by atoms with Gasteiger partial charge in [-0.25, -0.2) is 0 Å². The molecule has 0 spiro atoms. The van der Waals surface area contributed by atoms with E-state index in [4.69, 9.17) is 25.4 Å². The number of ether oxygens (including phenoxy) is 3. The van der Waals surface area contributed by atoms with Gasteiger partial charge in [-0.1, -0.05) is 18.2 Å². The predicted molar refractivity (Wildman–Crippen MR) is 164 cm³/mol. The number of phenols is 1. The first-order valence-electron chi connectivity index (χ1n) is 14.4. The van der Waals surface area contributed by atoms with Gasteiger partial charge in [0.1, 0.15) is 47.8 Å². The molecule has 0 radical (unpaired) electrons. The van der Waals surface area contributed by atoms with Crippen LogP contribution >= 0.6 is 0 Å². The summed E-state index contributed by atoms with van der Waals surface area (Å²) in [6.45, 7) is 2.13. The topological polar surface area (TPSA) is 223 Å². The van der Waals surface area contributed by atoms with E-state index in [1.165, 1.54) is 24.3 Å². The normalized spacial score (nSPS) is 24.0. The molecular formula is C31H37N5O9. The number of rotatable bonds is 10. The molecule has 0 saturated carbocycles. The molecule has 2 aliphatic heterocycles. The lowest BCUT2D eigenvalue weighted by molar-refractivity contribution is -0.277. The Bertz CT molecular complexity index is 1480. The summed E-state index contributed by atoms with van der Waals surface area (Å²) >= 11 is 0. The third-order valence-corrected chi connectivity index (χ3v) is 7.70. The van der Waals surface area contributed by atoms with Gasteiger partial charge in [-0.2, -0.15) is 0 Å². The van der Waals surface area contributed by atoms with Crippen LogP contribution in [0.5, 0.6) is 11.5 Å².